The number of hydrogen-bond acceptors (Lipinski definition) is 2. The molecular formula is C13H17BrN2O. The van der Waals surface area contributed by atoms with Crippen LogP contribution < -0.4 is 5.32 Å². The van der Waals surface area contributed by atoms with Crippen LogP contribution in [0, 0.1) is 0 Å². The van der Waals surface area contributed by atoms with E-state index >= 15 is 0 Å². The minimum Gasteiger partial charge on any atom is -0.349 e. The molecule has 3 nitrogen and oxygen atoms in total. The van der Waals surface area contributed by atoms with Crippen molar-refractivity contribution in [1.82, 2.24) is 10.3 Å². The maximum atomic E-state index is 12.0. The van der Waals surface area contributed by atoms with Gasteiger partial charge in [-0.25, -0.2) is 0 Å². The zero-order valence-electron chi connectivity index (χ0n) is 9.79. The Balaban J connectivity index is 1.96. The molecule has 1 aromatic heterocycles. The van der Waals surface area contributed by atoms with Crippen molar-refractivity contribution in [3.05, 3.63) is 28.5 Å². The first-order chi connectivity index (χ1) is 8.25. The van der Waals surface area contributed by atoms with Crippen LogP contribution in [0.1, 0.15) is 48.9 Å². The molecule has 2 rings (SSSR count). The van der Waals surface area contributed by atoms with Crippen molar-refractivity contribution in [3.8, 4) is 0 Å². The second-order valence-electron chi connectivity index (χ2n) is 4.55. The van der Waals surface area contributed by atoms with E-state index in [-0.39, 0.29) is 5.91 Å². The number of carbonyl (C=O) groups excluding carboxylic acids is 1. The highest BCUT2D eigenvalue weighted by molar-refractivity contribution is 9.10. The van der Waals surface area contributed by atoms with Gasteiger partial charge in [-0.05, 0) is 34.8 Å². The normalized spacial score (nSPS) is 17.5. The van der Waals surface area contributed by atoms with E-state index < -0.39 is 0 Å². The van der Waals surface area contributed by atoms with Gasteiger partial charge in [-0.3, -0.25) is 9.78 Å². The van der Waals surface area contributed by atoms with Crippen LogP contribution in [0.3, 0.4) is 0 Å². The number of nitrogens with zero attached hydrogens (tertiary/aromatic N) is 1. The van der Waals surface area contributed by atoms with Crippen molar-refractivity contribution in [2.24, 2.45) is 0 Å². The third kappa shape index (κ3) is 3.80. The summed E-state index contributed by atoms with van der Waals surface area (Å²) >= 11 is 3.33. The van der Waals surface area contributed by atoms with Gasteiger partial charge in [-0.2, -0.15) is 0 Å². The molecule has 0 unspecified atom stereocenters. The summed E-state index contributed by atoms with van der Waals surface area (Å²) < 4.78 is 0.839. The van der Waals surface area contributed by atoms with Crippen molar-refractivity contribution >= 4 is 21.8 Å². The first-order valence-electron chi connectivity index (χ1n) is 6.17. The molecule has 1 aliphatic rings. The molecule has 1 aliphatic carbocycles. The summed E-state index contributed by atoms with van der Waals surface area (Å²) in [7, 11) is 0. The molecule has 1 aromatic rings. The van der Waals surface area contributed by atoms with Crippen molar-refractivity contribution in [2.75, 3.05) is 0 Å². The summed E-state index contributed by atoms with van der Waals surface area (Å²) in [5, 5.41) is 3.10. The first kappa shape index (κ1) is 12.6. The Kier molecular flexibility index (Phi) is 4.54. The largest absolute Gasteiger partial charge is 0.349 e. The summed E-state index contributed by atoms with van der Waals surface area (Å²) in [5.74, 6) is -0.00861. The lowest BCUT2D eigenvalue weighted by atomic mass is 10.1. The van der Waals surface area contributed by atoms with Gasteiger partial charge < -0.3 is 5.32 Å². The zero-order chi connectivity index (χ0) is 12.1. The third-order valence-corrected chi connectivity index (χ3v) is 3.59. The van der Waals surface area contributed by atoms with Crippen LogP contribution in [0.15, 0.2) is 22.9 Å². The molecule has 1 fully saturated rings. The zero-order valence-corrected chi connectivity index (χ0v) is 11.4. The maximum Gasteiger partial charge on any atom is 0.253 e. The molecule has 4 heteroatoms. The van der Waals surface area contributed by atoms with Crippen LogP contribution in [0.4, 0.5) is 0 Å². The van der Waals surface area contributed by atoms with Crippen LogP contribution in [-0.4, -0.2) is 16.9 Å². The van der Waals surface area contributed by atoms with Crippen molar-refractivity contribution in [2.45, 2.75) is 44.6 Å². The number of halogens is 1. The number of carbonyl (C=O) groups is 1. The highest BCUT2D eigenvalue weighted by atomic mass is 79.9. The molecule has 17 heavy (non-hydrogen) atoms. The fourth-order valence-electron chi connectivity index (χ4n) is 2.23. The second-order valence-corrected chi connectivity index (χ2v) is 5.47. The molecule has 0 radical (unpaired) electrons. The number of aromatic nitrogens is 1. The van der Waals surface area contributed by atoms with E-state index in [0.29, 0.717) is 11.6 Å². The molecule has 0 atom stereocenters. The van der Waals surface area contributed by atoms with Crippen LogP contribution in [0.5, 0.6) is 0 Å². The lowest BCUT2D eigenvalue weighted by Crippen LogP contribution is -2.34. The third-order valence-electron chi connectivity index (χ3n) is 3.16. The number of pyridine rings is 1. The highest BCUT2D eigenvalue weighted by Crippen LogP contribution is 2.18. The topological polar surface area (TPSA) is 42.0 Å². The van der Waals surface area contributed by atoms with Gasteiger partial charge >= 0.3 is 0 Å². The first-order valence-corrected chi connectivity index (χ1v) is 6.96. The quantitative estimate of drug-likeness (QED) is 0.851. The lowest BCUT2D eigenvalue weighted by Gasteiger charge is -2.16. The summed E-state index contributed by atoms with van der Waals surface area (Å²) in [6.07, 6.45) is 10.5. The van der Waals surface area contributed by atoms with Gasteiger partial charge in [0.1, 0.15) is 0 Å². The Bertz CT molecular complexity index is 387. The highest BCUT2D eigenvalue weighted by Gasteiger charge is 2.15. The van der Waals surface area contributed by atoms with Crippen LogP contribution in [0.25, 0.3) is 0 Å². The van der Waals surface area contributed by atoms with Crippen molar-refractivity contribution < 1.29 is 4.79 Å². The molecule has 0 aromatic carbocycles. The maximum absolute atomic E-state index is 12.0. The average molecular weight is 297 g/mol. The van der Waals surface area contributed by atoms with E-state index in [0.717, 1.165) is 17.3 Å². The fraction of sp³-hybridized carbons (Fsp3) is 0.538. The Morgan fingerprint density at radius 1 is 1.24 bits per heavy atom. The number of rotatable bonds is 2. The van der Waals surface area contributed by atoms with Gasteiger partial charge in [-0.15, -0.1) is 0 Å². The van der Waals surface area contributed by atoms with Crippen LogP contribution in [-0.2, 0) is 0 Å². The summed E-state index contributed by atoms with van der Waals surface area (Å²) in [6.45, 7) is 0. The predicted molar refractivity (Wildman–Crippen MR) is 70.9 cm³/mol. The SMILES string of the molecule is O=C(NC1CCCCCC1)c1cncc(Br)c1. The average Bonchev–Trinajstić information content (AvgIpc) is 2.57. The number of hydrogen-bond donors (Lipinski definition) is 1. The fourth-order valence-corrected chi connectivity index (χ4v) is 2.59. The molecule has 0 saturated heterocycles. The van der Waals surface area contributed by atoms with Crippen LogP contribution in [0.2, 0.25) is 0 Å². The van der Waals surface area contributed by atoms with Gasteiger partial charge in [0.05, 0.1) is 5.56 Å². The van der Waals surface area contributed by atoms with Gasteiger partial charge in [0.25, 0.3) is 5.91 Å². The van der Waals surface area contributed by atoms with Gasteiger partial charge in [0.2, 0.25) is 0 Å². The van der Waals surface area contributed by atoms with Crippen molar-refractivity contribution in [1.29, 1.82) is 0 Å². The molecule has 1 saturated carbocycles. The standard InChI is InChI=1S/C13H17BrN2O/c14-11-7-10(8-15-9-11)13(17)16-12-5-3-1-2-4-6-12/h7-9,12H,1-6H2,(H,16,17). The molecule has 0 spiro atoms. The molecule has 1 N–H and O–H groups in total. The van der Waals surface area contributed by atoms with Crippen molar-refractivity contribution in [3.63, 3.8) is 0 Å². The smallest absolute Gasteiger partial charge is 0.253 e. The van der Waals surface area contributed by atoms with E-state index in [1.54, 1.807) is 18.5 Å². The van der Waals surface area contributed by atoms with Gasteiger partial charge in [-0.1, -0.05) is 25.7 Å². The van der Waals surface area contributed by atoms with E-state index in [1.165, 1.54) is 25.7 Å². The molecular weight excluding hydrogens is 280 g/mol. The molecule has 1 heterocycles. The Morgan fingerprint density at radius 3 is 2.59 bits per heavy atom. The molecule has 0 bridgehead atoms. The summed E-state index contributed by atoms with van der Waals surface area (Å²) in [6, 6.07) is 2.14. The minimum absolute atomic E-state index is 0.00861. The Morgan fingerprint density at radius 2 is 1.94 bits per heavy atom. The lowest BCUT2D eigenvalue weighted by molar-refractivity contribution is 0.0933. The Labute approximate surface area is 110 Å². The van der Waals surface area contributed by atoms with E-state index in [1.807, 2.05) is 0 Å². The second kappa shape index (κ2) is 6.15. The van der Waals surface area contributed by atoms with Gasteiger partial charge in [0, 0.05) is 22.9 Å². The molecule has 92 valence electrons. The predicted octanol–water partition coefficient (Wildman–Crippen LogP) is 3.30. The molecule has 0 aliphatic heterocycles. The Hall–Kier alpha value is -0.900. The number of amides is 1. The minimum atomic E-state index is -0.00861. The number of nitrogens with one attached hydrogen (secondary N) is 1. The van der Waals surface area contributed by atoms with E-state index in [4.69, 9.17) is 0 Å². The van der Waals surface area contributed by atoms with Gasteiger partial charge in [0.15, 0.2) is 0 Å². The monoisotopic (exact) mass is 296 g/mol. The van der Waals surface area contributed by atoms with E-state index in [9.17, 15) is 4.79 Å². The summed E-state index contributed by atoms with van der Waals surface area (Å²) in [4.78, 5) is 16.0. The van der Waals surface area contributed by atoms with E-state index in [2.05, 4.69) is 26.2 Å². The molecule has 1 amide bonds. The van der Waals surface area contributed by atoms with Crippen LogP contribution >= 0.6 is 15.9 Å². The summed E-state index contributed by atoms with van der Waals surface area (Å²) in [5.41, 5.74) is 0.628.